The van der Waals surface area contributed by atoms with Gasteiger partial charge < -0.3 is 10.6 Å². The highest BCUT2D eigenvalue weighted by Gasteiger charge is 2.18. The van der Waals surface area contributed by atoms with Crippen LogP contribution in [0.1, 0.15) is 0 Å². The smallest absolute Gasteiger partial charge is 0.234 e. The van der Waals surface area contributed by atoms with E-state index in [1.54, 1.807) is 0 Å². The molecule has 12 nitrogen and oxygen atoms in total. The maximum Gasteiger partial charge on any atom is 0.234 e. The van der Waals surface area contributed by atoms with Gasteiger partial charge in [0.1, 0.15) is 10.1 Å². The zero-order valence-electron chi connectivity index (χ0n) is 17.8. The summed E-state index contributed by atoms with van der Waals surface area (Å²) in [5.74, 6) is -0.251. The molecule has 15 heteroatoms. The van der Waals surface area contributed by atoms with Gasteiger partial charge in [-0.15, -0.1) is 10.2 Å². The number of anilines is 2. The molecule has 0 fully saturated rings. The summed E-state index contributed by atoms with van der Waals surface area (Å²) in [4.78, 5) is 24.3. The number of aromatic amines is 2. The largest absolute Gasteiger partial charge is 0.325 e. The Morgan fingerprint density at radius 1 is 0.714 bits per heavy atom. The van der Waals surface area contributed by atoms with Gasteiger partial charge in [0, 0.05) is 11.4 Å². The minimum atomic E-state index is -3.78. The summed E-state index contributed by atoms with van der Waals surface area (Å²) in [7, 11) is -3.78. The second-order valence-corrected chi connectivity index (χ2v) is 10.8. The molecule has 4 rings (SSSR count). The Morgan fingerprint density at radius 2 is 1.11 bits per heavy atom. The second kappa shape index (κ2) is 11.2. The average Bonchev–Trinajstić information content (AvgIpc) is 3.57. The summed E-state index contributed by atoms with van der Waals surface area (Å²) in [5, 5.41) is 26.6. The van der Waals surface area contributed by atoms with Crippen molar-refractivity contribution in [3.05, 3.63) is 60.9 Å². The van der Waals surface area contributed by atoms with E-state index in [2.05, 4.69) is 41.5 Å². The molecule has 0 bridgehead atoms. The van der Waals surface area contributed by atoms with Gasteiger partial charge in [-0.2, -0.15) is 20.6 Å². The van der Waals surface area contributed by atoms with Gasteiger partial charge >= 0.3 is 0 Å². The first-order valence-electron chi connectivity index (χ1n) is 9.92. The van der Waals surface area contributed by atoms with Crippen LogP contribution in [0, 0.1) is 0 Å². The third-order valence-corrected chi connectivity index (χ3v) is 7.97. The van der Waals surface area contributed by atoms with Crippen LogP contribution in [0.25, 0.3) is 0 Å². The summed E-state index contributed by atoms with van der Waals surface area (Å²) in [6.07, 6.45) is 3.02. The van der Waals surface area contributed by atoms with Crippen LogP contribution in [0.2, 0.25) is 0 Å². The first kappa shape index (κ1) is 24.4. The number of sulfone groups is 1. The highest BCUT2D eigenvalue weighted by molar-refractivity contribution is 8.00. The fourth-order valence-corrected chi connectivity index (χ4v) is 5.19. The van der Waals surface area contributed by atoms with E-state index in [4.69, 9.17) is 0 Å². The summed E-state index contributed by atoms with van der Waals surface area (Å²) in [5.41, 5.74) is 0.938. The number of carbonyl (C=O) groups is 2. The Labute approximate surface area is 208 Å². The molecule has 4 N–H and O–H groups in total. The number of rotatable bonds is 10. The number of hydrogen-bond acceptors (Lipinski definition) is 10. The van der Waals surface area contributed by atoms with Crippen molar-refractivity contribution >= 4 is 56.6 Å². The van der Waals surface area contributed by atoms with E-state index >= 15 is 0 Å². The van der Waals surface area contributed by atoms with Gasteiger partial charge in [0.25, 0.3) is 0 Å². The maximum absolute atomic E-state index is 13.0. The average molecular weight is 531 g/mol. The van der Waals surface area contributed by atoms with Crippen LogP contribution in [0.15, 0.2) is 80.8 Å². The number of benzene rings is 2. The van der Waals surface area contributed by atoms with Gasteiger partial charge in [0.15, 0.2) is 0 Å². The lowest BCUT2D eigenvalue weighted by Gasteiger charge is -2.09. The highest BCUT2D eigenvalue weighted by Crippen LogP contribution is 2.24. The van der Waals surface area contributed by atoms with Crippen molar-refractivity contribution in [2.75, 3.05) is 22.1 Å². The molecule has 0 atom stereocenters. The minimum absolute atomic E-state index is 0.0771. The molecular formula is C20H18N8O4S3. The first-order chi connectivity index (χ1) is 16.9. The monoisotopic (exact) mass is 530 g/mol. The van der Waals surface area contributed by atoms with Crippen molar-refractivity contribution in [2.45, 2.75) is 19.8 Å². The Morgan fingerprint density at radius 3 is 1.46 bits per heavy atom. The van der Waals surface area contributed by atoms with E-state index in [9.17, 15) is 18.0 Å². The Hall–Kier alpha value is -3.69. The fraction of sp³-hybridized carbons (Fsp3) is 0.100. The predicted molar refractivity (Wildman–Crippen MR) is 130 cm³/mol. The molecule has 0 radical (unpaired) electrons. The molecule has 35 heavy (non-hydrogen) atoms. The van der Waals surface area contributed by atoms with Crippen LogP contribution in [-0.2, 0) is 19.4 Å². The Kier molecular flexibility index (Phi) is 7.79. The van der Waals surface area contributed by atoms with Crippen LogP contribution < -0.4 is 10.6 Å². The lowest BCUT2D eigenvalue weighted by atomic mass is 10.3. The molecule has 0 saturated heterocycles. The molecule has 0 aliphatic heterocycles. The van der Waals surface area contributed by atoms with Crippen LogP contribution in [0.3, 0.4) is 0 Å². The molecule has 0 spiro atoms. The van der Waals surface area contributed by atoms with E-state index in [1.807, 2.05) is 0 Å². The summed E-state index contributed by atoms with van der Waals surface area (Å²) in [6, 6.07) is 11.8. The normalized spacial score (nSPS) is 11.2. The SMILES string of the molecule is O=C(CSc1cn[nH]n1)Nc1ccc(S(=O)(=O)c2ccc(NC(=O)CSc3cn[nH]n3)cc2)cc1. The molecule has 2 aromatic heterocycles. The Bertz CT molecular complexity index is 1270. The molecule has 180 valence electrons. The molecule has 4 aromatic rings. The lowest BCUT2D eigenvalue weighted by Crippen LogP contribution is -2.14. The van der Waals surface area contributed by atoms with Crippen molar-refractivity contribution in [1.82, 2.24) is 30.8 Å². The zero-order chi connectivity index (χ0) is 24.7. The number of carbonyl (C=O) groups excluding carboxylic acids is 2. The highest BCUT2D eigenvalue weighted by atomic mass is 32.2. The fourth-order valence-electron chi connectivity index (χ4n) is 2.77. The van der Waals surface area contributed by atoms with E-state index < -0.39 is 9.84 Å². The van der Waals surface area contributed by atoms with Crippen molar-refractivity contribution < 1.29 is 18.0 Å². The van der Waals surface area contributed by atoms with Gasteiger partial charge in [-0.25, -0.2) is 8.42 Å². The summed E-state index contributed by atoms with van der Waals surface area (Å²) < 4.78 is 25.9. The number of nitrogens with one attached hydrogen (secondary N) is 4. The number of thioether (sulfide) groups is 2. The van der Waals surface area contributed by atoms with Gasteiger partial charge in [-0.3, -0.25) is 9.59 Å². The number of aromatic nitrogens is 6. The molecule has 2 heterocycles. The lowest BCUT2D eigenvalue weighted by molar-refractivity contribution is -0.114. The number of H-pyrrole nitrogens is 2. The first-order valence-corrected chi connectivity index (χ1v) is 13.4. The van der Waals surface area contributed by atoms with Crippen LogP contribution >= 0.6 is 23.5 Å². The third-order valence-electron chi connectivity index (χ3n) is 4.38. The van der Waals surface area contributed by atoms with Crippen molar-refractivity contribution in [1.29, 1.82) is 0 Å². The van der Waals surface area contributed by atoms with Crippen LogP contribution in [0.5, 0.6) is 0 Å². The predicted octanol–water partition coefficient (Wildman–Crippen LogP) is 2.22. The van der Waals surface area contributed by atoms with Gasteiger partial charge in [0.05, 0.1) is 33.7 Å². The molecule has 2 amide bonds. The Balaban J connectivity index is 1.32. The van der Waals surface area contributed by atoms with E-state index in [-0.39, 0.29) is 33.1 Å². The van der Waals surface area contributed by atoms with Crippen molar-refractivity contribution in [3.63, 3.8) is 0 Å². The minimum Gasteiger partial charge on any atom is -0.325 e. The van der Waals surface area contributed by atoms with Crippen molar-refractivity contribution in [3.8, 4) is 0 Å². The zero-order valence-corrected chi connectivity index (χ0v) is 20.3. The molecule has 0 saturated carbocycles. The van der Waals surface area contributed by atoms with E-state index in [0.29, 0.717) is 21.4 Å². The standard InChI is InChI=1S/C20H18N8O4S3/c29-17(11-33-19-9-21-27-25-19)23-13-1-5-15(6-2-13)35(31,32)16-7-3-14(4-8-16)24-18(30)12-34-20-10-22-28-26-20/h1-10H,11-12H2,(H,23,29)(H,24,30)(H,21,25,27)(H,22,26,28). The molecule has 0 aliphatic rings. The number of amides is 2. The number of hydrogen-bond donors (Lipinski definition) is 4. The molecule has 2 aromatic carbocycles. The number of nitrogens with zero attached hydrogens (tertiary/aromatic N) is 4. The molecule has 0 aliphatic carbocycles. The van der Waals surface area contributed by atoms with Gasteiger partial charge in [-0.05, 0) is 48.5 Å². The van der Waals surface area contributed by atoms with E-state index in [0.717, 1.165) is 0 Å². The van der Waals surface area contributed by atoms with Crippen molar-refractivity contribution in [2.24, 2.45) is 0 Å². The summed E-state index contributed by atoms with van der Waals surface area (Å²) >= 11 is 2.44. The summed E-state index contributed by atoms with van der Waals surface area (Å²) in [6.45, 7) is 0. The van der Waals surface area contributed by atoms with Crippen LogP contribution in [-0.4, -0.2) is 62.6 Å². The topological polar surface area (TPSA) is 175 Å². The quantitative estimate of drug-likeness (QED) is 0.222. The molecule has 0 unspecified atom stereocenters. The second-order valence-electron chi connectivity index (χ2n) is 6.84. The van der Waals surface area contributed by atoms with Crippen LogP contribution in [0.4, 0.5) is 11.4 Å². The maximum atomic E-state index is 13.0. The van der Waals surface area contributed by atoms with Gasteiger partial charge in [0.2, 0.25) is 21.7 Å². The molecular weight excluding hydrogens is 512 g/mol. The van der Waals surface area contributed by atoms with E-state index in [1.165, 1.54) is 84.4 Å². The third kappa shape index (κ3) is 6.68. The van der Waals surface area contributed by atoms with Gasteiger partial charge in [-0.1, -0.05) is 23.5 Å².